The molecule has 0 radical (unpaired) electrons. The second-order valence-electron chi connectivity index (χ2n) is 4.93. The van der Waals surface area contributed by atoms with Gasteiger partial charge in [0, 0.05) is 10.4 Å². The highest BCUT2D eigenvalue weighted by Gasteiger charge is 2.33. The Labute approximate surface area is 123 Å². The van der Waals surface area contributed by atoms with Gasteiger partial charge in [0.25, 0.3) is 0 Å². The summed E-state index contributed by atoms with van der Waals surface area (Å²) >= 11 is 2.89. The van der Waals surface area contributed by atoms with Crippen molar-refractivity contribution in [1.82, 2.24) is 0 Å². The molecular formula is C14H14BrF3O2. The number of rotatable bonds is 3. The van der Waals surface area contributed by atoms with E-state index in [0.717, 1.165) is 25.2 Å². The van der Waals surface area contributed by atoms with Crippen LogP contribution in [0.4, 0.5) is 13.2 Å². The van der Waals surface area contributed by atoms with E-state index in [9.17, 15) is 18.0 Å². The van der Waals surface area contributed by atoms with Gasteiger partial charge in [-0.3, -0.25) is 0 Å². The molecule has 0 saturated heterocycles. The van der Waals surface area contributed by atoms with E-state index in [2.05, 4.69) is 15.9 Å². The second-order valence-corrected chi connectivity index (χ2v) is 5.78. The molecule has 0 aromatic heterocycles. The zero-order valence-electron chi connectivity index (χ0n) is 10.6. The molecule has 1 aliphatic rings. The lowest BCUT2D eigenvalue weighted by Gasteiger charge is -2.26. The third kappa shape index (κ3) is 3.75. The molecule has 20 heavy (non-hydrogen) atoms. The number of hydrogen-bond acceptors (Lipinski definition) is 2. The van der Waals surface area contributed by atoms with Crippen LogP contribution in [0.2, 0.25) is 0 Å². The number of carbonyl (C=O) groups excluding carboxylic acids is 1. The molecule has 1 saturated carbocycles. The van der Waals surface area contributed by atoms with Crippen LogP contribution < -0.4 is 4.74 Å². The number of halogens is 4. The Kier molecular flexibility index (Phi) is 4.73. The third-order valence-electron chi connectivity index (χ3n) is 3.46. The van der Waals surface area contributed by atoms with Gasteiger partial charge in [-0.25, -0.2) is 0 Å². The average Bonchev–Trinajstić information content (AvgIpc) is 2.40. The smallest absolute Gasteiger partial charge is 0.417 e. The topological polar surface area (TPSA) is 26.3 Å². The quantitative estimate of drug-likeness (QED) is 0.744. The van der Waals surface area contributed by atoms with Crippen molar-refractivity contribution in [3.63, 3.8) is 0 Å². The Balaban J connectivity index is 2.05. The lowest BCUT2D eigenvalue weighted by Crippen LogP contribution is -2.24. The molecule has 1 aromatic rings. The number of benzene rings is 1. The Morgan fingerprint density at radius 2 is 1.85 bits per heavy atom. The second kappa shape index (κ2) is 6.16. The Morgan fingerprint density at radius 1 is 1.20 bits per heavy atom. The van der Waals surface area contributed by atoms with Crippen LogP contribution in [0.15, 0.2) is 22.7 Å². The fourth-order valence-electron chi connectivity index (χ4n) is 2.33. The molecule has 0 heterocycles. The fourth-order valence-corrected chi connectivity index (χ4v) is 2.80. The van der Waals surface area contributed by atoms with Gasteiger partial charge >= 0.3 is 6.18 Å². The lowest BCUT2D eigenvalue weighted by atomic mass is 9.88. The molecule has 2 nitrogen and oxygen atoms in total. The van der Waals surface area contributed by atoms with Crippen LogP contribution in [0.1, 0.15) is 31.2 Å². The summed E-state index contributed by atoms with van der Waals surface area (Å²) in [5, 5.41) is 0. The predicted octanol–water partition coefficient (Wildman–Crippen LogP) is 4.60. The van der Waals surface area contributed by atoms with Crippen molar-refractivity contribution in [1.29, 1.82) is 0 Å². The molecule has 1 fully saturated rings. The van der Waals surface area contributed by atoms with Gasteiger partial charge in [-0.15, -0.1) is 0 Å². The molecule has 0 bridgehead atoms. The maximum Gasteiger partial charge on any atom is 0.417 e. The number of carbonyl (C=O) groups is 1. The van der Waals surface area contributed by atoms with Crippen molar-refractivity contribution < 1.29 is 22.7 Å². The van der Waals surface area contributed by atoms with E-state index in [1.165, 1.54) is 12.1 Å². The number of hydrogen-bond donors (Lipinski definition) is 0. The molecular weight excluding hydrogens is 337 g/mol. The summed E-state index contributed by atoms with van der Waals surface area (Å²) in [6, 6.07) is 3.87. The van der Waals surface area contributed by atoms with Gasteiger partial charge in [0.05, 0.1) is 11.7 Å². The highest BCUT2D eigenvalue weighted by molar-refractivity contribution is 9.10. The number of ether oxygens (including phenoxy) is 1. The first-order valence-corrected chi connectivity index (χ1v) is 7.18. The summed E-state index contributed by atoms with van der Waals surface area (Å²) in [7, 11) is 0. The van der Waals surface area contributed by atoms with Crippen molar-refractivity contribution >= 4 is 22.2 Å². The number of aldehydes is 1. The highest BCUT2D eigenvalue weighted by atomic mass is 79.9. The van der Waals surface area contributed by atoms with Gasteiger partial charge in [-0.1, -0.05) is 15.9 Å². The largest absolute Gasteiger partial charge is 0.490 e. The maximum atomic E-state index is 12.8. The molecule has 0 N–H and O–H groups in total. The van der Waals surface area contributed by atoms with Crippen molar-refractivity contribution in [3.05, 3.63) is 28.2 Å². The van der Waals surface area contributed by atoms with Crippen molar-refractivity contribution in [2.24, 2.45) is 5.92 Å². The predicted molar refractivity (Wildman–Crippen MR) is 71.6 cm³/mol. The Bertz CT molecular complexity index is 480. The standard InChI is InChI=1S/C14H14BrF3O2/c15-13-6-5-11(7-12(13)14(16,17)18)20-10-3-1-9(8-19)2-4-10/h5-10H,1-4H2. The van der Waals surface area contributed by atoms with E-state index < -0.39 is 11.7 Å². The van der Waals surface area contributed by atoms with Gasteiger partial charge in [0.2, 0.25) is 0 Å². The van der Waals surface area contributed by atoms with Gasteiger partial charge in [-0.2, -0.15) is 13.2 Å². The van der Waals surface area contributed by atoms with Crippen LogP contribution in [0.25, 0.3) is 0 Å². The minimum Gasteiger partial charge on any atom is -0.490 e. The average molecular weight is 351 g/mol. The summed E-state index contributed by atoms with van der Waals surface area (Å²) in [4.78, 5) is 10.6. The highest BCUT2D eigenvalue weighted by Crippen LogP contribution is 2.37. The van der Waals surface area contributed by atoms with Gasteiger partial charge < -0.3 is 9.53 Å². The Morgan fingerprint density at radius 3 is 2.40 bits per heavy atom. The minimum absolute atomic E-state index is 0.00186. The van der Waals surface area contributed by atoms with Crippen LogP contribution in [0, 0.1) is 5.92 Å². The first kappa shape index (κ1) is 15.4. The molecule has 110 valence electrons. The summed E-state index contributed by atoms with van der Waals surface area (Å²) in [6.45, 7) is 0. The normalized spacial score (nSPS) is 23.4. The van der Waals surface area contributed by atoms with E-state index in [1.807, 2.05) is 0 Å². The van der Waals surface area contributed by atoms with Crippen LogP contribution in [-0.4, -0.2) is 12.4 Å². The summed E-state index contributed by atoms with van der Waals surface area (Å²) in [6.07, 6.45) is -0.728. The SMILES string of the molecule is O=CC1CCC(Oc2ccc(Br)c(C(F)(F)F)c2)CC1. The lowest BCUT2D eigenvalue weighted by molar-refractivity contribution is -0.138. The molecule has 0 unspecified atom stereocenters. The molecule has 2 rings (SSSR count). The van der Waals surface area contributed by atoms with Gasteiger partial charge in [0.1, 0.15) is 12.0 Å². The minimum atomic E-state index is -4.41. The fraction of sp³-hybridized carbons (Fsp3) is 0.500. The molecule has 0 atom stereocenters. The molecule has 0 amide bonds. The van der Waals surface area contributed by atoms with Crippen LogP contribution >= 0.6 is 15.9 Å². The van der Waals surface area contributed by atoms with Crippen molar-refractivity contribution in [2.45, 2.75) is 38.0 Å². The monoisotopic (exact) mass is 350 g/mol. The van der Waals surface area contributed by atoms with Crippen LogP contribution in [0.5, 0.6) is 5.75 Å². The maximum absolute atomic E-state index is 12.8. The molecule has 6 heteroatoms. The molecule has 1 aromatic carbocycles. The van der Waals surface area contributed by atoms with E-state index in [0.29, 0.717) is 12.8 Å². The molecule has 1 aliphatic carbocycles. The van der Waals surface area contributed by atoms with Gasteiger partial charge in [-0.05, 0) is 43.9 Å². The van der Waals surface area contributed by atoms with E-state index in [4.69, 9.17) is 4.74 Å². The van der Waals surface area contributed by atoms with Crippen molar-refractivity contribution in [3.8, 4) is 5.75 Å². The Hall–Kier alpha value is -1.04. The summed E-state index contributed by atoms with van der Waals surface area (Å²) in [5.74, 6) is 0.278. The summed E-state index contributed by atoms with van der Waals surface area (Å²) in [5.41, 5.74) is -0.739. The first-order chi connectivity index (χ1) is 9.40. The zero-order valence-corrected chi connectivity index (χ0v) is 12.2. The molecule has 0 spiro atoms. The van der Waals surface area contributed by atoms with Gasteiger partial charge in [0.15, 0.2) is 0 Å². The summed E-state index contributed by atoms with van der Waals surface area (Å²) < 4.78 is 43.9. The van der Waals surface area contributed by atoms with Crippen molar-refractivity contribution in [2.75, 3.05) is 0 Å². The zero-order chi connectivity index (χ0) is 14.8. The molecule has 0 aliphatic heterocycles. The van der Waals surface area contributed by atoms with E-state index in [-0.39, 0.29) is 22.2 Å². The van der Waals surface area contributed by atoms with E-state index in [1.54, 1.807) is 0 Å². The number of alkyl halides is 3. The third-order valence-corrected chi connectivity index (χ3v) is 4.15. The first-order valence-electron chi connectivity index (χ1n) is 6.39. The van der Waals surface area contributed by atoms with E-state index >= 15 is 0 Å². The van der Waals surface area contributed by atoms with Crippen LogP contribution in [-0.2, 0) is 11.0 Å². The van der Waals surface area contributed by atoms with Crippen LogP contribution in [0.3, 0.4) is 0 Å².